The lowest BCUT2D eigenvalue weighted by Crippen LogP contribution is -2.55. The lowest BCUT2D eigenvalue weighted by atomic mass is 10.2. The first-order valence-electron chi connectivity index (χ1n) is 8.36. The van der Waals surface area contributed by atoms with Crippen molar-refractivity contribution in [1.29, 1.82) is 0 Å². The SMILES string of the molecule is Cc1cccc(-[n+]2c[n+](-c3ccccc3)c[n+](-c3ccccc3)c2)c1. The van der Waals surface area contributed by atoms with Crippen molar-refractivity contribution in [3.63, 3.8) is 0 Å². The molecule has 3 aromatic carbocycles. The fourth-order valence-electron chi connectivity index (χ4n) is 2.88. The van der Waals surface area contributed by atoms with Crippen molar-refractivity contribution in [2.75, 3.05) is 0 Å². The van der Waals surface area contributed by atoms with Crippen molar-refractivity contribution in [1.82, 2.24) is 0 Å². The van der Waals surface area contributed by atoms with Crippen LogP contribution in [0.5, 0.6) is 0 Å². The molecular formula is C22H20N3+3. The monoisotopic (exact) mass is 326 g/mol. The Morgan fingerprint density at radius 1 is 0.480 bits per heavy atom. The maximum Gasteiger partial charge on any atom is 0.428 e. The minimum absolute atomic E-state index is 1.12. The summed E-state index contributed by atoms with van der Waals surface area (Å²) in [5, 5.41) is 0. The van der Waals surface area contributed by atoms with Gasteiger partial charge in [-0.25, -0.2) is 0 Å². The van der Waals surface area contributed by atoms with Crippen molar-refractivity contribution in [3.8, 4) is 17.1 Å². The van der Waals surface area contributed by atoms with Crippen molar-refractivity contribution < 1.29 is 13.7 Å². The zero-order chi connectivity index (χ0) is 17.1. The summed E-state index contributed by atoms with van der Waals surface area (Å²) in [6.07, 6.45) is 6.30. The number of hydrogen-bond donors (Lipinski definition) is 0. The first-order chi connectivity index (χ1) is 12.3. The third-order valence-corrected chi connectivity index (χ3v) is 4.15. The van der Waals surface area contributed by atoms with Gasteiger partial charge in [0.2, 0.25) is 17.1 Å². The topological polar surface area (TPSA) is 11.6 Å². The number of rotatable bonds is 3. The van der Waals surface area contributed by atoms with Gasteiger partial charge in [-0.3, -0.25) is 0 Å². The molecule has 0 aliphatic rings. The number of aromatic nitrogens is 3. The molecule has 1 aromatic heterocycles. The van der Waals surface area contributed by atoms with Crippen LogP contribution in [0.25, 0.3) is 17.1 Å². The minimum Gasteiger partial charge on any atom is -0.0618 e. The Labute approximate surface area is 147 Å². The minimum atomic E-state index is 1.12. The molecule has 0 N–H and O–H groups in total. The first-order valence-corrected chi connectivity index (χ1v) is 8.36. The van der Waals surface area contributed by atoms with E-state index in [4.69, 9.17) is 0 Å². The maximum absolute atomic E-state index is 2.19. The van der Waals surface area contributed by atoms with E-state index in [1.165, 1.54) is 5.56 Å². The highest BCUT2D eigenvalue weighted by Crippen LogP contribution is 2.03. The van der Waals surface area contributed by atoms with Gasteiger partial charge in [0, 0.05) is 36.4 Å². The summed E-state index contributed by atoms with van der Waals surface area (Å²) >= 11 is 0. The molecule has 0 bridgehead atoms. The second kappa shape index (κ2) is 6.65. The van der Waals surface area contributed by atoms with Gasteiger partial charge in [-0.05, 0) is 12.5 Å². The van der Waals surface area contributed by atoms with E-state index in [1.54, 1.807) is 0 Å². The van der Waals surface area contributed by atoms with Crippen LogP contribution in [0.4, 0.5) is 0 Å². The highest BCUT2D eigenvalue weighted by atomic mass is 15.2. The maximum atomic E-state index is 2.19. The molecule has 4 rings (SSSR count). The van der Waals surface area contributed by atoms with E-state index >= 15 is 0 Å². The van der Waals surface area contributed by atoms with Gasteiger partial charge in [0.05, 0.1) is 0 Å². The van der Waals surface area contributed by atoms with Crippen LogP contribution in [0, 0.1) is 6.92 Å². The lowest BCUT2D eigenvalue weighted by Gasteiger charge is -1.98. The summed E-state index contributed by atoms with van der Waals surface area (Å²) < 4.78 is 6.41. The van der Waals surface area contributed by atoms with E-state index in [-0.39, 0.29) is 0 Å². The van der Waals surface area contributed by atoms with E-state index in [0.717, 1.165) is 17.1 Å². The Hall–Kier alpha value is -3.33. The highest BCUT2D eigenvalue weighted by molar-refractivity contribution is 5.27. The molecule has 0 amide bonds. The average molecular weight is 326 g/mol. The van der Waals surface area contributed by atoms with E-state index in [2.05, 4.69) is 112 Å². The van der Waals surface area contributed by atoms with E-state index in [0.29, 0.717) is 0 Å². The number of benzene rings is 3. The molecule has 0 spiro atoms. The van der Waals surface area contributed by atoms with Crippen LogP contribution in [-0.2, 0) is 0 Å². The first kappa shape index (κ1) is 15.2. The summed E-state index contributed by atoms with van der Waals surface area (Å²) in [5.74, 6) is 0. The van der Waals surface area contributed by atoms with Crippen molar-refractivity contribution >= 4 is 0 Å². The van der Waals surface area contributed by atoms with Crippen LogP contribution in [-0.4, -0.2) is 0 Å². The van der Waals surface area contributed by atoms with Gasteiger partial charge in [-0.2, -0.15) is 0 Å². The summed E-state index contributed by atoms with van der Waals surface area (Å²) in [5.41, 5.74) is 4.62. The zero-order valence-corrected chi connectivity index (χ0v) is 14.2. The van der Waals surface area contributed by atoms with E-state index in [9.17, 15) is 0 Å². The molecule has 0 aliphatic heterocycles. The van der Waals surface area contributed by atoms with E-state index in [1.807, 2.05) is 12.1 Å². The van der Waals surface area contributed by atoms with Gasteiger partial charge in [0.1, 0.15) is 0 Å². The number of aryl methyl sites for hydroxylation is 1. The van der Waals surface area contributed by atoms with Crippen LogP contribution >= 0.6 is 0 Å². The fourth-order valence-corrected chi connectivity index (χ4v) is 2.88. The Morgan fingerprint density at radius 3 is 1.40 bits per heavy atom. The van der Waals surface area contributed by atoms with Gasteiger partial charge < -0.3 is 0 Å². The molecule has 0 saturated carbocycles. The second-order valence-corrected chi connectivity index (χ2v) is 6.08. The number of para-hydroxylation sites is 2. The predicted molar refractivity (Wildman–Crippen MR) is 95.8 cm³/mol. The Kier molecular flexibility index (Phi) is 4.05. The van der Waals surface area contributed by atoms with Crippen LogP contribution in [0.15, 0.2) is 104 Å². The molecular weight excluding hydrogens is 306 g/mol. The molecule has 0 unspecified atom stereocenters. The molecule has 4 aromatic rings. The normalized spacial score (nSPS) is 10.6. The summed E-state index contributed by atoms with van der Waals surface area (Å²) in [7, 11) is 0. The predicted octanol–water partition coefficient (Wildman–Crippen LogP) is 2.83. The van der Waals surface area contributed by atoms with Crippen LogP contribution in [0.2, 0.25) is 0 Å². The quantitative estimate of drug-likeness (QED) is 0.513. The fraction of sp³-hybridized carbons (Fsp3) is 0.0455. The van der Waals surface area contributed by atoms with Crippen LogP contribution < -0.4 is 13.7 Å². The molecule has 0 atom stereocenters. The lowest BCUT2D eigenvalue weighted by molar-refractivity contribution is -0.858. The zero-order valence-electron chi connectivity index (χ0n) is 14.2. The molecule has 3 nitrogen and oxygen atoms in total. The average Bonchev–Trinajstić information content (AvgIpc) is 2.69. The number of nitrogens with zero attached hydrogens (tertiary/aromatic N) is 3. The standard InChI is InChI=1S/C22H20N3/c1-19-9-8-14-22(15-19)25-17-23(20-10-4-2-5-11-20)16-24(18-25)21-12-6-3-7-13-21/h2-18H,1H3/q+3. The third kappa shape index (κ3) is 3.31. The number of hydrogen-bond acceptors (Lipinski definition) is 0. The molecule has 0 fully saturated rings. The smallest absolute Gasteiger partial charge is 0.0618 e. The van der Waals surface area contributed by atoms with Gasteiger partial charge in [0.25, 0.3) is 0 Å². The second-order valence-electron chi connectivity index (χ2n) is 6.08. The third-order valence-electron chi connectivity index (χ3n) is 4.15. The van der Waals surface area contributed by atoms with Gasteiger partial charge in [-0.1, -0.05) is 62.2 Å². The molecule has 0 radical (unpaired) electrons. The largest absolute Gasteiger partial charge is 0.428 e. The Morgan fingerprint density at radius 2 is 0.920 bits per heavy atom. The molecule has 0 saturated heterocycles. The molecule has 120 valence electrons. The Bertz CT molecular complexity index is 938. The molecule has 0 aliphatic carbocycles. The van der Waals surface area contributed by atoms with Crippen molar-refractivity contribution in [3.05, 3.63) is 109 Å². The summed E-state index contributed by atoms with van der Waals surface area (Å²) in [4.78, 5) is 0. The van der Waals surface area contributed by atoms with Crippen LogP contribution in [0.3, 0.4) is 0 Å². The molecule has 25 heavy (non-hydrogen) atoms. The van der Waals surface area contributed by atoms with Gasteiger partial charge in [0.15, 0.2) is 0 Å². The summed E-state index contributed by atoms with van der Waals surface area (Å²) in [6, 6.07) is 29.2. The Balaban J connectivity index is 1.92. The van der Waals surface area contributed by atoms with E-state index < -0.39 is 0 Å². The molecule has 1 heterocycles. The van der Waals surface area contributed by atoms with Crippen molar-refractivity contribution in [2.45, 2.75) is 6.92 Å². The van der Waals surface area contributed by atoms with Gasteiger partial charge >= 0.3 is 19.0 Å². The van der Waals surface area contributed by atoms with Crippen LogP contribution in [0.1, 0.15) is 5.56 Å². The van der Waals surface area contributed by atoms with Crippen molar-refractivity contribution in [2.24, 2.45) is 0 Å². The highest BCUT2D eigenvalue weighted by Gasteiger charge is 2.24. The van der Waals surface area contributed by atoms with Gasteiger partial charge in [-0.15, -0.1) is 0 Å². The summed E-state index contributed by atoms with van der Waals surface area (Å²) in [6.45, 7) is 2.11. The molecule has 3 heteroatoms.